The van der Waals surface area contributed by atoms with E-state index in [4.69, 9.17) is 9.15 Å². The Balaban J connectivity index is 2.21. The third-order valence-electron chi connectivity index (χ3n) is 2.36. The van der Waals surface area contributed by atoms with Crippen LogP contribution in [0.2, 0.25) is 0 Å². The summed E-state index contributed by atoms with van der Waals surface area (Å²) in [5.41, 5.74) is 0.762. The van der Waals surface area contributed by atoms with Gasteiger partial charge in [-0.1, -0.05) is 12.1 Å². The van der Waals surface area contributed by atoms with E-state index in [1.165, 1.54) is 0 Å². The van der Waals surface area contributed by atoms with Crippen molar-refractivity contribution in [2.45, 2.75) is 26.1 Å². The van der Waals surface area contributed by atoms with E-state index in [-0.39, 0.29) is 6.10 Å². The van der Waals surface area contributed by atoms with Crippen LogP contribution < -0.4 is 4.74 Å². The van der Waals surface area contributed by atoms with E-state index < -0.39 is 6.10 Å². The summed E-state index contributed by atoms with van der Waals surface area (Å²) < 4.78 is 10.8. The van der Waals surface area contributed by atoms with Gasteiger partial charge in [-0.25, -0.2) is 0 Å². The van der Waals surface area contributed by atoms with E-state index in [9.17, 15) is 5.11 Å². The number of benzene rings is 1. The summed E-state index contributed by atoms with van der Waals surface area (Å²) in [5.74, 6) is 1.29. The molecule has 17 heavy (non-hydrogen) atoms. The van der Waals surface area contributed by atoms with E-state index in [0.717, 1.165) is 11.3 Å². The van der Waals surface area contributed by atoms with Crippen LogP contribution in [0.3, 0.4) is 0 Å². The number of furan rings is 1. The van der Waals surface area contributed by atoms with Crippen LogP contribution in [0, 0.1) is 0 Å². The second kappa shape index (κ2) is 5.06. The van der Waals surface area contributed by atoms with Crippen LogP contribution in [0.5, 0.6) is 5.75 Å². The first-order valence-corrected chi connectivity index (χ1v) is 5.65. The molecule has 0 saturated heterocycles. The van der Waals surface area contributed by atoms with Gasteiger partial charge in [0.1, 0.15) is 17.6 Å². The van der Waals surface area contributed by atoms with Gasteiger partial charge < -0.3 is 14.3 Å². The maximum atomic E-state index is 10.1. The molecule has 0 radical (unpaired) electrons. The molecule has 1 N–H and O–H groups in total. The van der Waals surface area contributed by atoms with Gasteiger partial charge in [-0.15, -0.1) is 0 Å². The molecule has 0 bridgehead atoms. The number of hydrogen-bond acceptors (Lipinski definition) is 3. The van der Waals surface area contributed by atoms with Crippen molar-refractivity contribution in [1.82, 2.24) is 0 Å². The van der Waals surface area contributed by atoms with Crippen LogP contribution in [0.1, 0.15) is 31.3 Å². The highest BCUT2D eigenvalue weighted by Gasteiger charge is 2.13. The molecule has 1 aromatic carbocycles. The fourth-order valence-corrected chi connectivity index (χ4v) is 1.64. The SMILES string of the molecule is CC(C)Oc1cccc([C@@H](O)c2ccco2)c1. The second-order valence-corrected chi connectivity index (χ2v) is 4.16. The van der Waals surface area contributed by atoms with Crippen molar-refractivity contribution in [2.24, 2.45) is 0 Å². The van der Waals surface area contributed by atoms with Crippen molar-refractivity contribution in [3.05, 3.63) is 54.0 Å². The smallest absolute Gasteiger partial charge is 0.137 e. The molecule has 2 aromatic rings. The summed E-state index contributed by atoms with van der Waals surface area (Å²) in [6.45, 7) is 3.94. The Hall–Kier alpha value is -1.74. The van der Waals surface area contributed by atoms with Gasteiger partial charge in [0.2, 0.25) is 0 Å². The van der Waals surface area contributed by atoms with E-state index in [2.05, 4.69) is 0 Å². The average Bonchev–Trinajstić information content (AvgIpc) is 2.81. The summed E-state index contributed by atoms with van der Waals surface area (Å²) in [6.07, 6.45) is 0.916. The number of aliphatic hydroxyl groups is 1. The van der Waals surface area contributed by atoms with Crippen LogP contribution in [0.25, 0.3) is 0 Å². The molecule has 0 saturated carbocycles. The number of hydrogen-bond donors (Lipinski definition) is 1. The molecule has 1 aromatic heterocycles. The van der Waals surface area contributed by atoms with Gasteiger partial charge in [0.25, 0.3) is 0 Å². The molecule has 0 aliphatic carbocycles. The molecule has 0 spiro atoms. The zero-order valence-electron chi connectivity index (χ0n) is 9.96. The first-order valence-electron chi connectivity index (χ1n) is 5.65. The molecular formula is C14H16O3. The molecule has 0 unspecified atom stereocenters. The lowest BCUT2D eigenvalue weighted by Gasteiger charge is -2.13. The highest BCUT2D eigenvalue weighted by Crippen LogP contribution is 2.25. The van der Waals surface area contributed by atoms with Gasteiger partial charge in [0.15, 0.2) is 0 Å². The minimum Gasteiger partial charge on any atom is -0.491 e. The van der Waals surface area contributed by atoms with Gasteiger partial charge in [0.05, 0.1) is 12.4 Å². The van der Waals surface area contributed by atoms with Crippen molar-refractivity contribution < 1.29 is 14.3 Å². The Kier molecular flexibility index (Phi) is 3.49. The number of rotatable bonds is 4. The van der Waals surface area contributed by atoms with E-state index in [1.807, 2.05) is 38.1 Å². The van der Waals surface area contributed by atoms with Crippen molar-refractivity contribution in [1.29, 1.82) is 0 Å². The third kappa shape index (κ3) is 2.88. The Bertz CT molecular complexity index is 460. The summed E-state index contributed by atoms with van der Waals surface area (Å²) >= 11 is 0. The largest absolute Gasteiger partial charge is 0.491 e. The van der Waals surface area contributed by atoms with Gasteiger partial charge in [0, 0.05) is 0 Å². The topological polar surface area (TPSA) is 42.6 Å². The first kappa shape index (κ1) is 11.7. The van der Waals surface area contributed by atoms with Crippen molar-refractivity contribution >= 4 is 0 Å². The van der Waals surface area contributed by atoms with Crippen molar-refractivity contribution in [2.75, 3.05) is 0 Å². The monoisotopic (exact) mass is 232 g/mol. The molecule has 2 rings (SSSR count). The maximum Gasteiger partial charge on any atom is 0.137 e. The Morgan fingerprint density at radius 3 is 2.65 bits per heavy atom. The first-order chi connectivity index (χ1) is 8.16. The van der Waals surface area contributed by atoms with Gasteiger partial charge >= 0.3 is 0 Å². The Morgan fingerprint density at radius 1 is 1.18 bits per heavy atom. The van der Waals surface area contributed by atoms with Crippen molar-refractivity contribution in [3.63, 3.8) is 0 Å². The zero-order chi connectivity index (χ0) is 12.3. The molecule has 0 fully saturated rings. The van der Waals surface area contributed by atoms with E-state index in [0.29, 0.717) is 5.76 Å². The Labute approximate surface area is 101 Å². The fraction of sp³-hybridized carbons (Fsp3) is 0.286. The fourth-order valence-electron chi connectivity index (χ4n) is 1.64. The van der Waals surface area contributed by atoms with Gasteiger partial charge in [-0.05, 0) is 43.7 Å². The molecule has 3 nitrogen and oxygen atoms in total. The zero-order valence-corrected chi connectivity index (χ0v) is 9.96. The Morgan fingerprint density at radius 2 is 2.00 bits per heavy atom. The molecule has 3 heteroatoms. The average molecular weight is 232 g/mol. The summed E-state index contributed by atoms with van der Waals surface area (Å²) in [7, 11) is 0. The van der Waals surface area contributed by atoms with E-state index in [1.54, 1.807) is 18.4 Å². The molecule has 90 valence electrons. The van der Waals surface area contributed by atoms with E-state index >= 15 is 0 Å². The maximum absolute atomic E-state index is 10.1. The van der Waals surface area contributed by atoms with Crippen LogP contribution in [0.15, 0.2) is 47.1 Å². The third-order valence-corrected chi connectivity index (χ3v) is 2.36. The van der Waals surface area contributed by atoms with Crippen LogP contribution in [0.4, 0.5) is 0 Å². The molecule has 0 aliphatic heterocycles. The highest BCUT2D eigenvalue weighted by molar-refractivity contribution is 5.32. The summed E-state index contributed by atoms with van der Waals surface area (Å²) in [6, 6.07) is 10.9. The lowest BCUT2D eigenvalue weighted by molar-refractivity contribution is 0.188. The van der Waals surface area contributed by atoms with Crippen LogP contribution in [-0.2, 0) is 0 Å². The van der Waals surface area contributed by atoms with Gasteiger partial charge in [-0.3, -0.25) is 0 Å². The molecule has 1 heterocycles. The molecular weight excluding hydrogens is 216 g/mol. The number of aliphatic hydroxyl groups excluding tert-OH is 1. The van der Waals surface area contributed by atoms with Crippen molar-refractivity contribution in [3.8, 4) is 5.75 Å². The second-order valence-electron chi connectivity index (χ2n) is 4.16. The molecule has 0 amide bonds. The number of ether oxygens (including phenoxy) is 1. The van der Waals surface area contributed by atoms with Crippen LogP contribution >= 0.6 is 0 Å². The standard InChI is InChI=1S/C14H16O3/c1-10(2)17-12-6-3-5-11(9-12)14(15)13-7-4-8-16-13/h3-10,14-15H,1-2H3/t14-/m1/s1. The minimum absolute atomic E-state index is 0.117. The van der Waals surface area contributed by atoms with Gasteiger partial charge in [-0.2, -0.15) is 0 Å². The quantitative estimate of drug-likeness (QED) is 0.880. The lowest BCUT2D eigenvalue weighted by Crippen LogP contribution is -2.06. The molecule has 0 aliphatic rings. The highest BCUT2D eigenvalue weighted by atomic mass is 16.5. The minimum atomic E-state index is -0.749. The predicted molar refractivity (Wildman–Crippen MR) is 65.0 cm³/mol. The lowest BCUT2D eigenvalue weighted by atomic mass is 10.1. The molecule has 1 atom stereocenters. The summed E-state index contributed by atoms with van der Waals surface area (Å²) in [5, 5.41) is 10.1. The van der Waals surface area contributed by atoms with Crippen LogP contribution in [-0.4, -0.2) is 11.2 Å². The normalized spacial score (nSPS) is 12.7. The predicted octanol–water partition coefficient (Wildman–Crippen LogP) is 3.15. The summed E-state index contributed by atoms with van der Waals surface area (Å²) in [4.78, 5) is 0.